The summed E-state index contributed by atoms with van der Waals surface area (Å²) < 4.78 is 0. The molecule has 2 rings (SSSR count). The van der Waals surface area contributed by atoms with Gasteiger partial charge in [-0.1, -0.05) is 52.8 Å². The van der Waals surface area contributed by atoms with Gasteiger partial charge in [0, 0.05) is 36.0 Å². The van der Waals surface area contributed by atoms with Crippen molar-refractivity contribution in [2.24, 2.45) is 5.41 Å². The molecular weight excluding hydrogens is 296 g/mol. The maximum atomic E-state index is 12.9. The van der Waals surface area contributed by atoms with Gasteiger partial charge in [-0.2, -0.15) is 0 Å². The van der Waals surface area contributed by atoms with E-state index in [1.807, 2.05) is 43.9 Å². The summed E-state index contributed by atoms with van der Waals surface area (Å²) in [5, 5.41) is 0. The van der Waals surface area contributed by atoms with Crippen LogP contribution in [-0.4, -0.2) is 17.4 Å². The minimum atomic E-state index is -0.416. The normalized spacial score (nSPS) is 11.6. The number of aromatic nitrogens is 1. The minimum Gasteiger partial charge on any atom is -0.312 e. The number of hydrogen-bond acceptors (Lipinski definition) is 2. The number of carbonyl (C=O) groups is 1. The first kappa shape index (κ1) is 18.2. The fourth-order valence-electron chi connectivity index (χ4n) is 2.56. The van der Waals surface area contributed by atoms with Gasteiger partial charge in [-0.25, -0.2) is 0 Å². The largest absolute Gasteiger partial charge is 0.312 e. The molecule has 0 aliphatic rings. The molecule has 2 aromatic rings. The van der Waals surface area contributed by atoms with E-state index < -0.39 is 5.41 Å². The van der Waals surface area contributed by atoms with E-state index in [9.17, 15) is 4.79 Å². The summed E-state index contributed by atoms with van der Waals surface area (Å²) in [4.78, 5) is 19.2. The van der Waals surface area contributed by atoms with Crippen molar-refractivity contribution >= 4 is 11.6 Å². The Morgan fingerprint density at radius 2 is 1.75 bits per heavy atom. The van der Waals surface area contributed by atoms with E-state index in [1.165, 1.54) is 5.56 Å². The zero-order chi connectivity index (χ0) is 17.7. The number of rotatable bonds is 5. The first-order valence-corrected chi connectivity index (χ1v) is 8.61. The van der Waals surface area contributed by atoms with Crippen molar-refractivity contribution in [2.45, 2.75) is 47.0 Å². The topological polar surface area (TPSA) is 33.2 Å². The predicted octanol–water partition coefficient (Wildman–Crippen LogP) is 4.83. The van der Waals surface area contributed by atoms with Crippen LogP contribution in [0.3, 0.4) is 0 Å². The van der Waals surface area contributed by atoms with Crippen LogP contribution in [0.4, 0.5) is 5.69 Å². The molecule has 128 valence electrons. The molecule has 1 aromatic heterocycles. The molecule has 0 atom stereocenters. The highest BCUT2D eigenvalue weighted by molar-refractivity contribution is 5.96. The van der Waals surface area contributed by atoms with E-state index >= 15 is 0 Å². The van der Waals surface area contributed by atoms with E-state index in [4.69, 9.17) is 0 Å². The monoisotopic (exact) mass is 324 g/mol. The number of hydrogen-bond donors (Lipinski definition) is 0. The highest BCUT2D eigenvalue weighted by atomic mass is 16.2. The maximum Gasteiger partial charge on any atom is 0.232 e. The third-order valence-corrected chi connectivity index (χ3v) is 4.08. The summed E-state index contributed by atoms with van der Waals surface area (Å²) in [5.41, 5.74) is 2.82. The second-order valence-electron chi connectivity index (χ2n) is 7.52. The average molecular weight is 324 g/mol. The van der Waals surface area contributed by atoms with Crippen LogP contribution >= 0.6 is 0 Å². The summed E-state index contributed by atoms with van der Waals surface area (Å²) in [6.07, 6.45) is 2.54. The summed E-state index contributed by atoms with van der Waals surface area (Å²) >= 11 is 0. The molecule has 1 aromatic carbocycles. The quantitative estimate of drug-likeness (QED) is 0.789. The van der Waals surface area contributed by atoms with Crippen molar-refractivity contribution in [3.8, 4) is 0 Å². The van der Waals surface area contributed by atoms with Crippen molar-refractivity contribution in [1.29, 1.82) is 0 Å². The van der Waals surface area contributed by atoms with Gasteiger partial charge in [0.05, 0.1) is 0 Å². The lowest BCUT2D eigenvalue weighted by Crippen LogP contribution is -2.41. The number of benzene rings is 1. The van der Waals surface area contributed by atoms with Crippen molar-refractivity contribution in [3.05, 3.63) is 59.9 Å². The Labute approximate surface area is 145 Å². The van der Waals surface area contributed by atoms with Gasteiger partial charge in [0.2, 0.25) is 5.91 Å². The molecule has 0 radical (unpaired) electrons. The molecule has 0 saturated heterocycles. The number of amides is 1. The Bertz CT molecular complexity index is 654. The van der Waals surface area contributed by atoms with Crippen molar-refractivity contribution in [1.82, 2.24) is 4.98 Å². The van der Waals surface area contributed by atoms with E-state index in [2.05, 4.69) is 43.1 Å². The van der Waals surface area contributed by atoms with Crippen LogP contribution in [-0.2, 0) is 11.2 Å². The summed E-state index contributed by atoms with van der Waals surface area (Å²) in [7, 11) is 0. The standard InChI is InChI=1S/C21H28N2O/c1-16(2)17-9-11-19(12-10-17)23(20(24)21(3,4)5)15-13-18-8-6-7-14-22-18/h6-12,14,16H,13,15H2,1-5H3. The van der Waals surface area contributed by atoms with E-state index in [0.717, 1.165) is 17.8 Å². The second-order valence-corrected chi connectivity index (χ2v) is 7.52. The van der Waals surface area contributed by atoms with Gasteiger partial charge < -0.3 is 4.90 Å². The fraction of sp³-hybridized carbons (Fsp3) is 0.429. The minimum absolute atomic E-state index is 0.135. The molecule has 1 heterocycles. The molecule has 0 N–H and O–H groups in total. The Morgan fingerprint density at radius 1 is 1.08 bits per heavy atom. The molecule has 3 nitrogen and oxygen atoms in total. The van der Waals surface area contributed by atoms with Gasteiger partial charge >= 0.3 is 0 Å². The molecule has 3 heteroatoms. The van der Waals surface area contributed by atoms with Gasteiger partial charge in [-0.05, 0) is 35.7 Å². The Kier molecular flexibility index (Phi) is 5.76. The molecule has 1 amide bonds. The number of anilines is 1. The molecule has 0 aliphatic carbocycles. The maximum absolute atomic E-state index is 12.9. The number of pyridine rings is 1. The molecule has 0 saturated carbocycles. The first-order valence-electron chi connectivity index (χ1n) is 8.61. The van der Waals surface area contributed by atoms with Gasteiger partial charge in [-0.3, -0.25) is 9.78 Å². The number of nitrogens with zero attached hydrogens (tertiary/aromatic N) is 2. The SMILES string of the molecule is CC(C)c1ccc(N(CCc2ccccn2)C(=O)C(C)(C)C)cc1. The van der Waals surface area contributed by atoms with Crippen LogP contribution < -0.4 is 4.90 Å². The van der Waals surface area contributed by atoms with E-state index in [-0.39, 0.29) is 5.91 Å². The van der Waals surface area contributed by atoms with Gasteiger partial charge in [0.25, 0.3) is 0 Å². The van der Waals surface area contributed by atoms with Gasteiger partial charge in [0.15, 0.2) is 0 Å². The molecule has 0 spiro atoms. The third-order valence-electron chi connectivity index (χ3n) is 4.08. The molecule has 0 aliphatic heterocycles. The zero-order valence-corrected chi connectivity index (χ0v) is 15.4. The lowest BCUT2D eigenvalue weighted by Gasteiger charge is -2.30. The highest BCUT2D eigenvalue weighted by Gasteiger charge is 2.28. The van der Waals surface area contributed by atoms with Crippen LogP contribution in [0.1, 0.15) is 51.8 Å². The first-order chi connectivity index (χ1) is 11.3. The van der Waals surface area contributed by atoms with Gasteiger partial charge in [0.1, 0.15) is 0 Å². The molecule has 0 fully saturated rings. The van der Waals surface area contributed by atoms with Crippen LogP contribution in [0.15, 0.2) is 48.7 Å². The summed E-state index contributed by atoms with van der Waals surface area (Å²) in [6, 6.07) is 14.2. The third kappa shape index (κ3) is 4.67. The smallest absolute Gasteiger partial charge is 0.232 e. The van der Waals surface area contributed by atoms with Crippen LogP contribution in [0, 0.1) is 5.41 Å². The van der Waals surface area contributed by atoms with Gasteiger partial charge in [-0.15, -0.1) is 0 Å². The number of carbonyl (C=O) groups excluding carboxylic acids is 1. The van der Waals surface area contributed by atoms with E-state index in [1.54, 1.807) is 6.20 Å². The lowest BCUT2D eigenvalue weighted by atomic mass is 9.94. The van der Waals surface area contributed by atoms with Crippen LogP contribution in [0.2, 0.25) is 0 Å². The molecular formula is C21H28N2O. The highest BCUT2D eigenvalue weighted by Crippen LogP contribution is 2.25. The van der Waals surface area contributed by atoms with Crippen LogP contribution in [0.25, 0.3) is 0 Å². The van der Waals surface area contributed by atoms with Crippen molar-refractivity contribution in [2.75, 3.05) is 11.4 Å². The Balaban J connectivity index is 2.23. The summed E-state index contributed by atoms with van der Waals surface area (Å²) in [5.74, 6) is 0.620. The summed E-state index contributed by atoms with van der Waals surface area (Å²) in [6.45, 7) is 10.9. The lowest BCUT2D eigenvalue weighted by molar-refractivity contribution is -0.125. The fourth-order valence-corrected chi connectivity index (χ4v) is 2.56. The second kappa shape index (κ2) is 7.61. The van der Waals surface area contributed by atoms with E-state index in [0.29, 0.717) is 12.5 Å². The zero-order valence-electron chi connectivity index (χ0n) is 15.4. The Hall–Kier alpha value is -2.16. The van der Waals surface area contributed by atoms with Crippen molar-refractivity contribution in [3.63, 3.8) is 0 Å². The molecule has 0 bridgehead atoms. The Morgan fingerprint density at radius 3 is 2.25 bits per heavy atom. The predicted molar refractivity (Wildman–Crippen MR) is 100 cm³/mol. The average Bonchev–Trinajstić information content (AvgIpc) is 2.55. The molecule has 0 unspecified atom stereocenters. The van der Waals surface area contributed by atoms with Crippen molar-refractivity contribution < 1.29 is 4.79 Å². The molecule has 24 heavy (non-hydrogen) atoms. The van der Waals surface area contributed by atoms with Crippen LogP contribution in [0.5, 0.6) is 0 Å².